The number of sulfonamides is 1. The van der Waals surface area contributed by atoms with Crippen LogP contribution in [0.1, 0.15) is 17.2 Å². The van der Waals surface area contributed by atoms with E-state index in [1.165, 1.54) is 26.4 Å². The highest BCUT2D eigenvalue weighted by Gasteiger charge is 2.20. The Hall–Kier alpha value is -3.23. The lowest BCUT2D eigenvalue weighted by Crippen LogP contribution is -2.35. The SMILES string of the molecule is CN(C)S(=O)(=O)c1ccc(=O)n(CC(=O)N[C@@H](Cc2ccccc2)c2ccccc2)c1. The zero-order chi connectivity index (χ0) is 22.4. The normalized spacial score (nSPS) is 12.5. The van der Waals surface area contributed by atoms with Crippen LogP contribution in [0, 0.1) is 0 Å². The van der Waals surface area contributed by atoms with Crippen molar-refractivity contribution >= 4 is 15.9 Å². The topological polar surface area (TPSA) is 88.5 Å². The molecule has 1 atom stereocenters. The minimum absolute atomic E-state index is 0.0474. The Labute approximate surface area is 182 Å². The first kappa shape index (κ1) is 22.5. The van der Waals surface area contributed by atoms with Gasteiger partial charge in [-0.25, -0.2) is 12.7 Å². The number of aromatic nitrogens is 1. The predicted molar refractivity (Wildman–Crippen MR) is 119 cm³/mol. The van der Waals surface area contributed by atoms with Crippen LogP contribution in [-0.4, -0.2) is 37.3 Å². The van der Waals surface area contributed by atoms with Crippen LogP contribution in [0.5, 0.6) is 0 Å². The second kappa shape index (κ2) is 9.72. The minimum atomic E-state index is -3.72. The molecule has 7 nitrogen and oxygen atoms in total. The Balaban J connectivity index is 1.82. The summed E-state index contributed by atoms with van der Waals surface area (Å²) in [6.45, 7) is -0.284. The van der Waals surface area contributed by atoms with Gasteiger partial charge in [0.15, 0.2) is 0 Å². The number of hydrogen-bond acceptors (Lipinski definition) is 4. The van der Waals surface area contributed by atoms with Gasteiger partial charge in [0.2, 0.25) is 15.9 Å². The van der Waals surface area contributed by atoms with Gasteiger partial charge in [0.05, 0.1) is 10.9 Å². The maximum absolute atomic E-state index is 12.8. The Morgan fingerprint density at radius 2 is 1.58 bits per heavy atom. The molecule has 3 rings (SSSR count). The number of nitrogens with one attached hydrogen (secondary N) is 1. The molecule has 0 aliphatic rings. The van der Waals surface area contributed by atoms with Crippen molar-refractivity contribution in [1.82, 2.24) is 14.2 Å². The summed E-state index contributed by atoms with van der Waals surface area (Å²) in [7, 11) is -0.900. The molecule has 0 unspecified atom stereocenters. The van der Waals surface area contributed by atoms with Crippen LogP contribution < -0.4 is 10.9 Å². The standard InChI is InChI=1S/C23H25N3O4S/c1-25(2)31(29,30)20-13-14-23(28)26(16-20)17-22(27)24-21(19-11-7-4-8-12-19)15-18-9-5-3-6-10-18/h3-14,16,21H,15,17H2,1-2H3,(H,24,27)/t21-/m0/s1. The van der Waals surface area contributed by atoms with Gasteiger partial charge in [-0.3, -0.25) is 9.59 Å². The van der Waals surface area contributed by atoms with Crippen molar-refractivity contribution < 1.29 is 13.2 Å². The largest absolute Gasteiger partial charge is 0.347 e. The molecule has 0 aliphatic carbocycles. The van der Waals surface area contributed by atoms with Crippen LogP contribution in [0.25, 0.3) is 0 Å². The summed E-state index contributed by atoms with van der Waals surface area (Å²) >= 11 is 0. The lowest BCUT2D eigenvalue weighted by atomic mass is 9.99. The number of carbonyl (C=O) groups excluding carboxylic acids is 1. The number of rotatable bonds is 8. The maximum atomic E-state index is 12.8. The van der Waals surface area contributed by atoms with Gasteiger partial charge in [-0.05, 0) is 23.6 Å². The van der Waals surface area contributed by atoms with E-state index >= 15 is 0 Å². The summed E-state index contributed by atoms with van der Waals surface area (Å²) in [4.78, 5) is 25.0. The lowest BCUT2D eigenvalue weighted by Gasteiger charge is -2.20. The molecule has 0 saturated carbocycles. The van der Waals surface area contributed by atoms with E-state index < -0.39 is 15.6 Å². The maximum Gasteiger partial charge on any atom is 0.251 e. The predicted octanol–water partition coefficient (Wildman–Crippen LogP) is 2.20. The molecule has 1 N–H and O–H groups in total. The van der Waals surface area contributed by atoms with Crippen LogP contribution in [0.15, 0.2) is 88.7 Å². The van der Waals surface area contributed by atoms with E-state index in [0.717, 1.165) is 26.1 Å². The van der Waals surface area contributed by atoms with E-state index in [1.807, 2.05) is 60.7 Å². The first-order chi connectivity index (χ1) is 14.8. The third-order valence-corrected chi connectivity index (χ3v) is 6.67. The first-order valence-electron chi connectivity index (χ1n) is 9.78. The number of hydrogen-bond donors (Lipinski definition) is 1. The molecule has 1 aromatic heterocycles. The van der Waals surface area contributed by atoms with Gasteiger partial charge >= 0.3 is 0 Å². The van der Waals surface area contributed by atoms with Crippen molar-refractivity contribution in [2.75, 3.05) is 14.1 Å². The van der Waals surface area contributed by atoms with Gasteiger partial charge in [0.1, 0.15) is 6.54 Å². The average Bonchev–Trinajstić information content (AvgIpc) is 2.76. The molecule has 8 heteroatoms. The third-order valence-electron chi connectivity index (χ3n) is 4.87. The highest BCUT2D eigenvalue weighted by molar-refractivity contribution is 7.89. The second-order valence-corrected chi connectivity index (χ2v) is 9.49. The fourth-order valence-corrected chi connectivity index (χ4v) is 4.10. The van der Waals surface area contributed by atoms with Crippen LogP contribution >= 0.6 is 0 Å². The Bertz CT molecular complexity index is 1190. The molecule has 0 radical (unpaired) electrons. The summed E-state index contributed by atoms with van der Waals surface area (Å²) in [5.74, 6) is -0.383. The Kier molecular flexibility index (Phi) is 7.04. The van der Waals surface area contributed by atoms with Gasteiger partial charge in [-0.2, -0.15) is 0 Å². The fraction of sp³-hybridized carbons (Fsp3) is 0.217. The summed E-state index contributed by atoms with van der Waals surface area (Å²) in [6.07, 6.45) is 1.78. The van der Waals surface area contributed by atoms with Crippen LogP contribution in [0.3, 0.4) is 0 Å². The molecular formula is C23H25N3O4S. The molecule has 1 amide bonds. The molecule has 0 fully saturated rings. The molecule has 0 bridgehead atoms. The summed E-state index contributed by atoms with van der Waals surface area (Å²) in [5, 5.41) is 2.98. The number of pyridine rings is 1. The zero-order valence-electron chi connectivity index (χ0n) is 17.4. The first-order valence-corrected chi connectivity index (χ1v) is 11.2. The van der Waals surface area contributed by atoms with Gasteiger partial charge in [-0.1, -0.05) is 60.7 Å². The van der Waals surface area contributed by atoms with Crippen molar-refractivity contribution in [2.24, 2.45) is 0 Å². The quantitative estimate of drug-likeness (QED) is 0.583. The second-order valence-electron chi connectivity index (χ2n) is 7.34. The van der Waals surface area contributed by atoms with Gasteiger partial charge in [-0.15, -0.1) is 0 Å². The van der Waals surface area contributed by atoms with E-state index in [-0.39, 0.29) is 23.4 Å². The Morgan fingerprint density at radius 1 is 0.968 bits per heavy atom. The fourth-order valence-electron chi connectivity index (χ4n) is 3.18. The molecule has 0 aliphatic heterocycles. The van der Waals surface area contributed by atoms with Gasteiger partial charge in [0.25, 0.3) is 5.56 Å². The zero-order valence-corrected chi connectivity index (χ0v) is 18.2. The molecular weight excluding hydrogens is 414 g/mol. The minimum Gasteiger partial charge on any atom is -0.347 e. The molecule has 0 spiro atoms. The number of benzene rings is 2. The summed E-state index contributed by atoms with van der Waals surface area (Å²) in [6, 6.07) is 21.5. The number of amides is 1. The monoisotopic (exact) mass is 439 g/mol. The van der Waals surface area contributed by atoms with Crippen molar-refractivity contribution in [3.8, 4) is 0 Å². The van der Waals surface area contributed by atoms with Crippen molar-refractivity contribution in [2.45, 2.75) is 23.9 Å². The lowest BCUT2D eigenvalue weighted by molar-refractivity contribution is -0.122. The van der Waals surface area contributed by atoms with E-state index in [9.17, 15) is 18.0 Å². The third kappa shape index (κ3) is 5.68. The van der Waals surface area contributed by atoms with Crippen LogP contribution in [0.4, 0.5) is 0 Å². The van der Waals surface area contributed by atoms with E-state index in [0.29, 0.717) is 6.42 Å². The van der Waals surface area contributed by atoms with E-state index in [4.69, 9.17) is 0 Å². The molecule has 31 heavy (non-hydrogen) atoms. The molecule has 0 saturated heterocycles. The summed E-state index contributed by atoms with van der Waals surface area (Å²) < 4.78 is 26.9. The summed E-state index contributed by atoms with van der Waals surface area (Å²) in [5.41, 5.74) is 1.55. The van der Waals surface area contributed by atoms with Crippen molar-refractivity contribution in [3.05, 3.63) is 100 Å². The Morgan fingerprint density at radius 3 is 2.19 bits per heavy atom. The van der Waals surface area contributed by atoms with Crippen LogP contribution in [-0.2, 0) is 27.8 Å². The average molecular weight is 440 g/mol. The molecule has 162 valence electrons. The van der Waals surface area contributed by atoms with E-state index in [1.54, 1.807) is 0 Å². The highest BCUT2D eigenvalue weighted by Crippen LogP contribution is 2.18. The van der Waals surface area contributed by atoms with Crippen molar-refractivity contribution in [1.29, 1.82) is 0 Å². The smallest absolute Gasteiger partial charge is 0.251 e. The van der Waals surface area contributed by atoms with Gasteiger partial charge < -0.3 is 9.88 Å². The highest BCUT2D eigenvalue weighted by atomic mass is 32.2. The number of nitrogens with zero attached hydrogens (tertiary/aromatic N) is 2. The molecule has 1 heterocycles. The van der Waals surface area contributed by atoms with Gasteiger partial charge in [0, 0.05) is 26.4 Å². The van der Waals surface area contributed by atoms with Crippen molar-refractivity contribution in [3.63, 3.8) is 0 Å². The van der Waals surface area contributed by atoms with Crippen LogP contribution in [0.2, 0.25) is 0 Å². The van der Waals surface area contributed by atoms with E-state index in [2.05, 4.69) is 5.32 Å². The molecule has 2 aromatic carbocycles. The molecule has 3 aromatic rings. The number of carbonyl (C=O) groups is 1.